The van der Waals surface area contributed by atoms with Crippen molar-refractivity contribution in [3.8, 4) is 0 Å². The zero-order chi connectivity index (χ0) is 12.8. The standard InChI is InChI=1S/C15H19NO2/c1-12(15-7-4-8-18-15)16-10-13-5-3-6-14(9-13)11-17-2/h3-9,12,16H,10-11H2,1-2H3. The topological polar surface area (TPSA) is 34.4 Å². The maximum absolute atomic E-state index is 5.36. The highest BCUT2D eigenvalue weighted by Gasteiger charge is 2.07. The van der Waals surface area contributed by atoms with Gasteiger partial charge in [0, 0.05) is 13.7 Å². The molecule has 0 bridgehead atoms. The van der Waals surface area contributed by atoms with Crippen molar-refractivity contribution in [1.82, 2.24) is 5.32 Å². The second kappa shape index (κ2) is 6.38. The number of ether oxygens (including phenoxy) is 1. The molecule has 2 rings (SSSR count). The molecule has 0 aliphatic carbocycles. The van der Waals surface area contributed by atoms with Crippen LogP contribution in [0, 0.1) is 0 Å². The smallest absolute Gasteiger partial charge is 0.120 e. The van der Waals surface area contributed by atoms with Crippen LogP contribution in [0.25, 0.3) is 0 Å². The van der Waals surface area contributed by atoms with Crippen molar-refractivity contribution in [2.75, 3.05) is 7.11 Å². The molecule has 0 saturated heterocycles. The molecule has 0 spiro atoms. The summed E-state index contributed by atoms with van der Waals surface area (Å²) in [6, 6.07) is 12.5. The number of nitrogens with one attached hydrogen (secondary N) is 1. The highest BCUT2D eigenvalue weighted by atomic mass is 16.5. The summed E-state index contributed by atoms with van der Waals surface area (Å²) in [5.41, 5.74) is 2.45. The summed E-state index contributed by atoms with van der Waals surface area (Å²) < 4.78 is 10.5. The van der Waals surface area contributed by atoms with E-state index in [-0.39, 0.29) is 6.04 Å². The monoisotopic (exact) mass is 245 g/mol. The lowest BCUT2D eigenvalue weighted by Gasteiger charge is -2.12. The summed E-state index contributed by atoms with van der Waals surface area (Å²) in [4.78, 5) is 0. The van der Waals surface area contributed by atoms with Gasteiger partial charge in [-0.3, -0.25) is 0 Å². The second-order valence-corrected chi connectivity index (χ2v) is 4.37. The van der Waals surface area contributed by atoms with Gasteiger partial charge in [-0.15, -0.1) is 0 Å². The van der Waals surface area contributed by atoms with Crippen LogP contribution in [-0.4, -0.2) is 7.11 Å². The molecule has 0 saturated carbocycles. The Hall–Kier alpha value is -1.58. The lowest BCUT2D eigenvalue weighted by molar-refractivity contribution is 0.185. The molecule has 2 aromatic rings. The van der Waals surface area contributed by atoms with Crippen LogP contribution in [-0.2, 0) is 17.9 Å². The molecule has 0 aliphatic rings. The van der Waals surface area contributed by atoms with E-state index in [9.17, 15) is 0 Å². The van der Waals surface area contributed by atoms with Gasteiger partial charge >= 0.3 is 0 Å². The maximum atomic E-state index is 5.36. The number of methoxy groups -OCH3 is 1. The van der Waals surface area contributed by atoms with Gasteiger partial charge in [0.15, 0.2) is 0 Å². The normalized spacial score (nSPS) is 12.6. The number of rotatable bonds is 6. The van der Waals surface area contributed by atoms with Crippen molar-refractivity contribution < 1.29 is 9.15 Å². The zero-order valence-corrected chi connectivity index (χ0v) is 10.8. The van der Waals surface area contributed by atoms with Gasteiger partial charge in [-0.05, 0) is 30.2 Å². The Bertz CT molecular complexity index is 465. The molecule has 18 heavy (non-hydrogen) atoms. The first-order valence-electron chi connectivity index (χ1n) is 6.13. The van der Waals surface area contributed by atoms with Crippen molar-refractivity contribution in [2.24, 2.45) is 0 Å². The molecule has 0 amide bonds. The Kier molecular flexibility index (Phi) is 4.56. The summed E-state index contributed by atoms with van der Waals surface area (Å²) >= 11 is 0. The first-order chi connectivity index (χ1) is 8.79. The van der Waals surface area contributed by atoms with Gasteiger partial charge in [-0.2, -0.15) is 0 Å². The Labute approximate surface area is 108 Å². The zero-order valence-electron chi connectivity index (χ0n) is 10.8. The van der Waals surface area contributed by atoms with Gasteiger partial charge in [0.1, 0.15) is 5.76 Å². The minimum absolute atomic E-state index is 0.214. The van der Waals surface area contributed by atoms with E-state index in [0.29, 0.717) is 6.61 Å². The van der Waals surface area contributed by atoms with E-state index in [4.69, 9.17) is 9.15 Å². The van der Waals surface area contributed by atoms with Crippen LogP contribution in [0.3, 0.4) is 0 Å². The molecule has 0 fully saturated rings. The van der Waals surface area contributed by atoms with Gasteiger partial charge in [-0.25, -0.2) is 0 Å². The molecular formula is C15H19NO2. The third-order valence-corrected chi connectivity index (χ3v) is 2.88. The predicted molar refractivity (Wildman–Crippen MR) is 71.1 cm³/mol. The quantitative estimate of drug-likeness (QED) is 0.848. The van der Waals surface area contributed by atoms with E-state index < -0.39 is 0 Å². The fourth-order valence-corrected chi connectivity index (χ4v) is 1.91. The average Bonchev–Trinajstić information content (AvgIpc) is 2.91. The van der Waals surface area contributed by atoms with Gasteiger partial charge in [0.2, 0.25) is 0 Å². The van der Waals surface area contributed by atoms with E-state index in [0.717, 1.165) is 12.3 Å². The number of hydrogen-bond acceptors (Lipinski definition) is 3. The van der Waals surface area contributed by atoms with E-state index in [1.54, 1.807) is 13.4 Å². The molecule has 1 atom stereocenters. The summed E-state index contributed by atoms with van der Waals surface area (Å²) in [6.45, 7) is 3.57. The van der Waals surface area contributed by atoms with Crippen LogP contribution in [0.15, 0.2) is 47.1 Å². The Morgan fingerprint density at radius 1 is 1.22 bits per heavy atom. The first kappa shape index (κ1) is 12.9. The van der Waals surface area contributed by atoms with Crippen molar-refractivity contribution in [1.29, 1.82) is 0 Å². The molecule has 1 aromatic heterocycles. The van der Waals surface area contributed by atoms with Crippen LogP contribution in [0.5, 0.6) is 0 Å². The molecule has 1 N–H and O–H groups in total. The molecule has 1 unspecified atom stereocenters. The summed E-state index contributed by atoms with van der Waals surface area (Å²) in [5.74, 6) is 0.961. The van der Waals surface area contributed by atoms with E-state index in [1.165, 1.54) is 11.1 Å². The fourth-order valence-electron chi connectivity index (χ4n) is 1.91. The minimum Gasteiger partial charge on any atom is -0.468 e. The lowest BCUT2D eigenvalue weighted by Crippen LogP contribution is -2.17. The summed E-state index contributed by atoms with van der Waals surface area (Å²) in [5, 5.41) is 3.44. The highest BCUT2D eigenvalue weighted by Crippen LogP contribution is 2.13. The first-order valence-corrected chi connectivity index (χ1v) is 6.13. The molecular weight excluding hydrogens is 226 g/mol. The van der Waals surface area contributed by atoms with Crippen LogP contribution >= 0.6 is 0 Å². The molecule has 3 nitrogen and oxygen atoms in total. The maximum Gasteiger partial charge on any atom is 0.120 e. The van der Waals surface area contributed by atoms with Gasteiger partial charge in [0.25, 0.3) is 0 Å². The van der Waals surface area contributed by atoms with E-state index >= 15 is 0 Å². The molecule has 3 heteroatoms. The van der Waals surface area contributed by atoms with Crippen molar-refractivity contribution >= 4 is 0 Å². The molecule has 0 aliphatic heterocycles. The van der Waals surface area contributed by atoms with Crippen molar-refractivity contribution in [2.45, 2.75) is 26.1 Å². The third kappa shape index (κ3) is 3.45. The molecule has 1 aromatic carbocycles. The minimum atomic E-state index is 0.214. The summed E-state index contributed by atoms with van der Waals surface area (Å²) in [6.07, 6.45) is 1.70. The van der Waals surface area contributed by atoms with E-state index in [2.05, 4.69) is 36.5 Å². The Morgan fingerprint density at radius 2 is 2.06 bits per heavy atom. The van der Waals surface area contributed by atoms with Crippen LogP contribution in [0.2, 0.25) is 0 Å². The van der Waals surface area contributed by atoms with E-state index in [1.807, 2.05) is 12.1 Å². The van der Waals surface area contributed by atoms with Crippen LogP contribution in [0.1, 0.15) is 29.9 Å². The van der Waals surface area contributed by atoms with Crippen LogP contribution < -0.4 is 5.32 Å². The highest BCUT2D eigenvalue weighted by molar-refractivity contribution is 5.23. The predicted octanol–water partition coefficient (Wildman–Crippen LogP) is 3.28. The molecule has 0 radical (unpaired) electrons. The Morgan fingerprint density at radius 3 is 2.78 bits per heavy atom. The lowest BCUT2D eigenvalue weighted by atomic mass is 10.1. The number of hydrogen-bond donors (Lipinski definition) is 1. The van der Waals surface area contributed by atoms with Gasteiger partial charge in [0.05, 0.1) is 18.9 Å². The number of furan rings is 1. The Balaban J connectivity index is 1.91. The SMILES string of the molecule is COCc1cccc(CNC(C)c2ccco2)c1. The fraction of sp³-hybridized carbons (Fsp3) is 0.333. The summed E-state index contributed by atoms with van der Waals surface area (Å²) in [7, 11) is 1.71. The molecule has 96 valence electrons. The second-order valence-electron chi connectivity index (χ2n) is 4.37. The van der Waals surface area contributed by atoms with Crippen molar-refractivity contribution in [3.63, 3.8) is 0 Å². The van der Waals surface area contributed by atoms with Gasteiger partial charge in [-0.1, -0.05) is 24.3 Å². The average molecular weight is 245 g/mol. The van der Waals surface area contributed by atoms with Crippen LogP contribution in [0.4, 0.5) is 0 Å². The largest absolute Gasteiger partial charge is 0.468 e. The van der Waals surface area contributed by atoms with Crippen molar-refractivity contribution in [3.05, 3.63) is 59.5 Å². The third-order valence-electron chi connectivity index (χ3n) is 2.88. The molecule has 1 heterocycles. The van der Waals surface area contributed by atoms with Gasteiger partial charge < -0.3 is 14.5 Å². The number of benzene rings is 1.